The van der Waals surface area contributed by atoms with Crippen molar-refractivity contribution < 1.29 is 0 Å². The number of para-hydroxylation sites is 2. The Morgan fingerprint density at radius 2 is 1.76 bits per heavy atom. The molecule has 2 aromatic heterocycles. The number of nitrogens with zero attached hydrogens (tertiary/aromatic N) is 3. The normalized spacial score (nSPS) is 11.6. The van der Waals surface area contributed by atoms with Crippen LogP contribution in [0.15, 0.2) is 69.3 Å². The first-order chi connectivity index (χ1) is 14.0. The van der Waals surface area contributed by atoms with Crippen LogP contribution in [0.2, 0.25) is 0 Å². The standard InChI is InChI=1S/C23H22N4O2/c1-4-17-9-5-8-12-21(17)26-15(2)13-18(16(26)3)14-24-27-22(28)19-10-6-7-11-20(19)25-23(27)29/h5-14H,4H2,1-3H3,(H,25,29). The summed E-state index contributed by atoms with van der Waals surface area (Å²) in [6, 6.07) is 17.2. The number of rotatable bonds is 4. The monoisotopic (exact) mass is 386 g/mol. The Balaban J connectivity index is 1.81. The second-order valence-corrected chi connectivity index (χ2v) is 6.98. The summed E-state index contributed by atoms with van der Waals surface area (Å²) >= 11 is 0. The van der Waals surface area contributed by atoms with Gasteiger partial charge in [0.2, 0.25) is 0 Å². The molecule has 2 aromatic carbocycles. The van der Waals surface area contributed by atoms with Crippen LogP contribution >= 0.6 is 0 Å². The molecule has 6 nitrogen and oxygen atoms in total. The van der Waals surface area contributed by atoms with E-state index in [4.69, 9.17) is 0 Å². The van der Waals surface area contributed by atoms with Gasteiger partial charge < -0.3 is 9.55 Å². The maximum atomic E-state index is 12.7. The highest BCUT2D eigenvalue weighted by molar-refractivity contribution is 5.82. The van der Waals surface area contributed by atoms with Crippen molar-refractivity contribution in [2.75, 3.05) is 0 Å². The number of aromatic nitrogens is 3. The van der Waals surface area contributed by atoms with E-state index < -0.39 is 11.2 Å². The smallest absolute Gasteiger partial charge is 0.318 e. The molecule has 6 heteroatoms. The second-order valence-electron chi connectivity index (χ2n) is 6.98. The van der Waals surface area contributed by atoms with Crippen molar-refractivity contribution in [3.05, 3.63) is 98.0 Å². The molecule has 0 bridgehead atoms. The van der Waals surface area contributed by atoms with Gasteiger partial charge in [-0.25, -0.2) is 4.79 Å². The van der Waals surface area contributed by atoms with E-state index >= 15 is 0 Å². The molecular formula is C23H22N4O2. The number of aryl methyl sites for hydroxylation is 2. The number of fused-ring (bicyclic) bond motifs is 1. The molecule has 0 fully saturated rings. The molecule has 0 aliphatic rings. The molecule has 2 heterocycles. The van der Waals surface area contributed by atoms with Gasteiger partial charge in [-0.3, -0.25) is 4.79 Å². The summed E-state index contributed by atoms with van der Waals surface area (Å²) in [6.07, 6.45) is 2.50. The number of nitrogens with one attached hydrogen (secondary N) is 1. The Labute approximate surface area is 167 Å². The number of hydrogen-bond donors (Lipinski definition) is 1. The molecule has 1 N–H and O–H groups in total. The highest BCUT2D eigenvalue weighted by Gasteiger charge is 2.12. The Morgan fingerprint density at radius 3 is 2.55 bits per heavy atom. The van der Waals surface area contributed by atoms with Gasteiger partial charge in [0, 0.05) is 22.6 Å². The number of hydrogen-bond acceptors (Lipinski definition) is 3. The molecule has 4 rings (SSSR count). The summed E-state index contributed by atoms with van der Waals surface area (Å²) in [5.74, 6) is 0. The van der Waals surface area contributed by atoms with Gasteiger partial charge in [-0.05, 0) is 50.1 Å². The lowest BCUT2D eigenvalue weighted by Gasteiger charge is -2.13. The van der Waals surface area contributed by atoms with Crippen LogP contribution in [0.5, 0.6) is 0 Å². The lowest BCUT2D eigenvalue weighted by atomic mass is 10.1. The highest BCUT2D eigenvalue weighted by atomic mass is 16.2. The third-order valence-electron chi connectivity index (χ3n) is 5.18. The summed E-state index contributed by atoms with van der Waals surface area (Å²) in [7, 11) is 0. The molecule has 0 radical (unpaired) electrons. The van der Waals surface area contributed by atoms with Crippen LogP contribution in [-0.2, 0) is 6.42 Å². The quantitative estimate of drug-likeness (QED) is 0.545. The zero-order valence-corrected chi connectivity index (χ0v) is 16.6. The number of H-pyrrole nitrogens is 1. The van der Waals surface area contributed by atoms with E-state index in [9.17, 15) is 9.59 Å². The summed E-state index contributed by atoms with van der Waals surface area (Å²) in [6.45, 7) is 6.17. The average Bonchev–Trinajstić information content (AvgIpc) is 3.01. The third-order valence-corrected chi connectivity index (χ3v) is 5.18. The van der Waals surface area contributed by atoms with Crippen molar-refractivity contribution in [1.82, 2.24) is 14.2 Å². The maximum Gasteiger partial charge on any atom is 0.349 e. The van der Waals surface area contributed by atoms with Crippen LogP contribution in [0.1, 0.15) is 29.4 Å². The Morgan fingerprint density at radius 1 is 1.03 bits per heavy atom. The van der Waals surface area contributed by atoms with Gasteiger partial charge in [0.25, 0.3) is 5.56 Å². The van der Waals surface area contributed by atoms with E-state index in [-0.39, 0.29) is 0 Å². The van der Waals surface area contributed by atoms with Crippen molar-refractivity contribution >= 4 is 17.1 Å². The SMILES string of the molecule is CCc1ccccc1-n1c(C)cc(C=Nn2c(=O)[nH]c3ccccc3c2=O)c1C. The fraction of sp³-hybridized carbons (Fsp3) is 0.174. The summed E-state index contributed by atoms with van der Waals surface area (Å²) in [5.41, 5.74) is 4.80. The molecule has 0 spiro atoms. The third kappa shape index (κ3) is 3.23. The molecule has 0 unspecified atom stereocenters. The molecule has 146 valence electrons. The first-order valence-electron chi connectivity index (χ1n) is 9.57. The largest absolute Gasteiger partial charge is 0.349 e. The molecule has 0 amide bonds. The van der Waals surface area contributed by atoms with Crippen LogP contribution < -0.4 is 11.2 Å². The second kappa shape index (κ2) is 7.39. The Kier molecular flexibility index (Phi) is 4.76. The fourth-order valence-corrected chi connectivity index (χ4v) is 3.69. The van der Waals surface area contributed by atoms with Crippen LogP contribution in [-0.4, -0.2) is 20.4 Å². The lowest BCUT2D eigenvalue weighted by molar-refractivity contribution is 0.771. The predicted molar refractivity (Wildman–Crippen MR) is 116 cm³/mol. The molecule has 0 aliphatic carbocycles. The molecule has 4 aromatic rings. The summed E-state index contributed by atoms with van der Waals surface area (Å²) < 4.78 is 3.04. The lowest BCUT2D eigenvalue weighted by Crippen LogP contribution is -2.32. The molecule has 29 heavy (non-hydrogen) atoms. The van der Waals surface area contributed by atoms with Crippen molar-refractivity contribution in [3.8, 4) is 5.69 Å². The zero-order chi connectivity index (χ0) is 20.5. The van der Waals surface area contributed by atoms with Gasteiger partial charge in [0.15, 0.2) is 0 Å². The van der Waals surface area contributed by atoms with Crippen molar-refractivity contribution in [1.29, 1.82) is 0 Å². The van der Waals surface area contributed by atoms with Crippen molar-refractivity contribution in [3.63, 3.8) is 0 Å². The minimum absolute atomic E-state index is 0.423. The average molecular weight is 386 g/mol. The van der Waals surface area contributed by atoms with Gasteiger partial charge in [-0.1, -0.05) is 37.3 Å². The van der Waals surface area contributed by atoms with E-state index in [0.717, 1.165) is 33.7 Å². The van der Waals surface area contributed by atoms with E-state index in [2.05, 4.69) is 33.7 Å². The molecule has 0 atom stereocenters. The highest BCUT2D eigenvalue weighted by Crippen LogP contribution is 2.23. The predicted octanol–water partition coefficient (Wildman–Crippen LogP) is 3.54. The van der Waals surface area contributed by atoms with Crippen LogP contribution in [0.4, 0.5) is 0 Å². The summed E-state index contributed by atoms with van der Waals surface area (Å²) in [4.78, 5) is 27.7. The van der Waals surface area contributed by atoms with Gasteiger partial charge in [-0.2, -0.15) is 5.10 Å². The molecule has 0 aliphatic heterocycles. The minimum atomic E-state index is -0.560. The van der Waals surface area contributed by atoms with Crippen molar-refractivity contribution in [2.24, 2.45) is 5.10 Å². The van der Waals surface area contributed by atoms with E-state index in [1.54, 1.807) is 30.5 Å². The molecule has 0 saturated heterocycles. The number of benzene rings is 2. The Hall–Kier alpha value is -3.67. The maximum absolute atomic E-state index is 12.7. The van der Waals surface area contributed by atoms with Crippen LogP contribution in [0.25, 0.3) is 16.6 Å². The molecule has 0 saturated carbocycles. The van der Waals surface area contributed by atoms with Gasteiger partial charge in [0.05, 0.1) is 17.1 Å². The minimum Gasteiger partial charge on any atom is -0.318 e. The summed E-state index contributed by atoms with van der Waals surface area (Å²) in [5, 5.41) is 4.62. The van der Waals surface area contributed by atoms with Crippen molar-refractivity contribution in [2.45, 2.75) is 27.2 Å². The Bertz CT molecular complexity index is 1360. The van der Waals surface area contributed by atoms with Crippen LogP contribution in [0.3, 0.4) is 0 Å². The van der Waals surface area contributed by atoms with Gasteiger partial charge in [-0.15, -0.1) is 4.68 Å². The van der Waals surface area contributed by atoms with Crippen LogP contribution in [0, 0.1) is 13.8 Å². The zero-order valence-electron chi connectivity index (χ0n) is 16.6. The first kappa shape index (κ1) is 18.7. The van der Waals surface area contributed by atoms with E-state index in [1.807, 2.05) is 32.0 Å². The fourth-order valence-electron chi connectivity index (χ4n) is 3.69. The van der Waals surface area contributed by atoms with Gasteiger partial charge >= 0.3 is 5.69 Å². The van der Waals surface area contributed by atoms with E-state index in [0.29, 0.717) is 10.9 Å². The van der Waals surface area contributed by atoms with E-state index in [1.165, 1.54) is 5.56 Å². The first-order valence-corrected chi connectivity index (χ1v) is 9.57. The van der Waals surface area contributed by atoms with Gasteiger partial charge in [0.1, 0.15) is 0 Å². The number of aromatic amines is 1. The topological polar surface area (TPSA) is 72.2 Å². The molecular weight excluding hydrogens is 364 g/mol.